The molecule has 0 aliphatic heterocycles. The highest BCUT2D eigenvalue weighted by molar-refractivity contribution is 5.86. The van der Waals surface area contributed by atoms with Crippen LogP contribution in [0.1, 0.15) is 37.0 Å². The molecule has 0 radical (unpaired) electrons. The van der Waals surface area contributed by atoms with Crippen molar-refractivity contribution in [2.45, 2.75) is 39.5 Å². The van der Waals surface area contributed by atoms with E-state index in [1.807, 2.05) is 6.92 Å². The van der Waals surface area contributed by atoms with Crippen LogP contribution in [0.4, 0.5) is 10.5 Å². The summed E-state index contributed by atoms with van der Waals surface area (Å²) < 4.78 is 0. The van der Waals surface area contributed by atoms with Crippen molar-refractivity contribution in [2.24, 2.45) is 0 Å². The second-order valence-corrected chi connectivity index (χ2v) is 4.31. The molecular weight excluding hydrogens is 202 g/mol. The topological polar surface area (TPSA) is 49.3 Å². The molecule has 0 saturated carbocycles. The molecule has 1 aliphatic rings. The van der Waals surface area contributed by atoms with Gasteiger partial charge in [-0.2, -0.15) is 0 Å². The Labute approximate surface area is 97.0 Å². The zero-order chi connectivity index (χ0) is 11.7. The fourth-order valence-electron chi connectivity index (χ4n) is 2.56. The molecule has 1 aromatic rings. The van der Waals surface area contributed by atoms with Crippen LogP contribution in [0.2, 0.25) is 0 Å². The van der Waals surface area contributed by atoms with Gasteiger partial charge in [0.15, 0.2) is 0 Å². The van der Waals surface area contributed by atoms with Crippen molar-refractivity contribution >= 4 is 11.8 Å². The predicted molar refractivity (Wildman–Crippen MR) is 66.3 cm³/mol. The molecule has 0 spiro atoms. The minimum absolute atomic E-state index is 0. The Balaban J connectivity index is 0.00000144. The van der Waals surface area contributed by atoms with Gasteiger partial charge in [-0.1, -0.05) is 13.0 Å². The Hall–Kier alpha value is -1.51. The summed E-state index contributed by atoms with van der Waals surface area (Å²) in [5, 5.41) is 11.4. The first-order valence-corrected chi connectivity index (χ1v) is 5.77. The summed E-state index contributed by atoms with van der Waals surface area (Å²) >= 11 is 0. The Morgan fingerprint density at radius 3 is 2.94 bits per heavy atom. The standard InChI is InChI=1S/C13H17NO2.H2/c1-3-9-7-10-5-4-6-11(10)12(8(9)2)14-13(15)16;/h7,14H,3-6H2,1-2H3,(H,15,16);1H. The predicted octanol–water partition coefficient (Wildman–Crippen LogP) is 3.38. The molecule has 2 N–H and O–H groups in total. The molecule has 0 atom stereocenters. The van der Waals surface area contributed by atoms with E-state index in [0.29, 0.717) is 0 Å². The quantitative estimate of drug-likeness (QED) is 0.804. The number of rotatable bonds is 2. The van der Waals surface area contributed by atoms with Crippen LogP contribution in [-0.2, 0) is 19.3 Å². The minimum atomic E-state index is -0.967. The molecule has 1 aromatic carbocycles. The first-order valence-electron chi connectivity index (χ1n) is 5.77. The van der Waals surface area contributed by atoms with Crippen molar-refractivity contribution in [3.05, 3.63) is 28.3 Å². The molecule has 16 heavy (non-hydrogen) atoms. The summed E-state index contributed by atoms with van der Waals surface area (Å²) in [4.78, 5) is 10.8. The highest BCUT2D eigenvalue weighted by atomic mass is 16.4. The Kier molecular flexibility index (Phi) is 2.86. The number of nitrogens with one attached hydrogen (secondary N) is 1. The van der Waals surface area contributed by atoms with Crippen LogP contribution in [-0.4, -0.2) is 11.2 Å². The summed E-state index contributed by atoms with van der Waals surface area (Å²) in [6.07, 6.45) is 3.20. The summed E-state index contributed by atoms with van der Waals surface area (Å²) in [6.45, 7) is 4.11. The second-order valence-electron chi connectivity index (χ2n) is 4.31. The SMILES string of the molecule is CCc1cc2c(c(NC(=O)O)c1C)CCC2.[HH]. The third-order valence-corrected chi connectivity index (χ3v) is 3.38. The number of amides is 1. The van der Waals surface area contributed by atoms with Crippen LogP contribution < -0.4 is 5.32 Å². The Morgan fingerprint density at radius 2 is 2.31 bits per heavy atom. The first-order chi connectivity index (χ1) is 7.63. The van der Waals surface area contributed by atoms with E-state index in [-0.39, 0.29) is 1.43 Å². The van der Waals surface area contributed by atoms with E-state index >= 15 is 0 Å². The van der Waals surface area contributed by atoms with Gasteiger partial charge < -0.3 is 5.11 Å². The van der Waals surface area contributed by atoms with Crippen LogP contribution in [0, 0.1) is 6.92 Å². The number of carboxylic acid groups (broad SMARTS) is 1. The van der Waals surface area contributed by atoms with Gasteiger partial charge in [-0.25, -0.2) is 4.79 Å². The number of anilines is 1. The summed E-state index contributed by atoms with van der Waals surface area (Å²) in [5.41, 5.74) is 5.71. The monoisotopic (exact) mass is 221 g/mol. The van der Waals surface area contributed by atoms with Crippen LogP contribution in [0.3, 0.4) is 0 Å². The van der Waals surface area contributed by atoms with Gasteiger partial charge in [-0.05, 0) is 54.9 Å². The van der Waals surface area contributed by atoms with E-state index in [0.717, 1.165) is 36.9 Å². The van der Waals surface area contributed by atoms with E-state index in [1.54, 1.807) is 0 Å². The molecule has 0 aromatic heterocycles. The van der Waals surface area contributed by atoms with Crippen molar-refractivity contribution < 1.29 is 11.3 Å². The van der Waals surface area contributed by atoms with E-state index in [2.05, 4.69) is 18.3 Å². The zero-order valence-corrected chi connectivity index (χ0v) is 9.76. The lowest BCUT2D eigenvalue weighted by molar-refractivity contribution is 0.209. The van der Waals surface area contributed by atoms with Gasteiger partial charge in [0.1, 0.15) is 0 Å². The highest BCUT2D eigenvalue weighted by Gasteiger charge is 2.19. The number of hydrogen-bond donors (Lipinski definition) is 2. The van der Waals surface area contributed by atoms with E-state index < -0.39 is 6.09 Å². The highest BCUT2D eigenvalue weighted by Crippen LogP contribution is 2.34. The van der Waals surface area contributed by atoms with Crippen molar-refractivity contribution in [3.8, 4) is 0 Å². The Morgan fingerprint density at radius 1 is 1.56 bits per heavy atom. The fraction of sp³-hybridized carbons (Fsp3) is 0.462. The summed E-state index contributed by atoms with van der Waals surface area (Å²) in [6, 6.07) is 2.24. The maximum absolute atomic E-state index is 10.8. The molecule has 1 aliphatic carbocycles. The van der Waals surface area contributed by atoms with Crippen LogP contribution in [0.5, 0.6) is 0 Å². The smallest absolute Gasteiger partial charge is 0.409 e. The van der Waals surface area contributed by atoms with E-state index in [9.17, 15) is 4.79 Å². The molecule has 3 nitrogen and oxygen atoms in total. The van der Waals surface area contributed by atoms with Gasteiger partial charge in [-0.3, -0.25) is 5.32 Å². The number of benzene rings is 1. The summed E-state index contributed by atoms with van der Waals surface area (Å²) in [7, 11) is 0. The zero-order valence-electron chi connectivity index (χ0n) is 9.76. The number of hydrogen-bond acceptors (Lipinski definition) is 1. The van der Waals surface area contributed by atoms with Crippen molar-refractivity contribution in [1.82, 2.24) is 0 Å². The fourth-order valence-corrected chi connectivity index (χ4v) is 2.56. The number of carbonyl (C=O) groups is 1. The van der Waals surface area contributed by atoms with Crippen LogP contribution >= 0.6 is 0 Å². The van der Waals surface area contributed by atoms with Gasteiger partial charge in [0, 0.05) is 1.43 Å². The molecule has 0 unspecified atom stereocenters. The average molecular weight is 221 g/mol. The summed E-state index contributed by atoms with van der Waals surface area (Å²) in [5.74, 6) is 0. The van der Waals surface area contributed by atoms with E-state index in [1.165, 1.54) is 16.7 Å². The van der Waals surface area contributed by atoms with Crippen molar-refractivity contribution in [1.29, 1.82) is 0 Å². The normalized spacial score (nSPS) is 13.6. The molecular formula is C13H19NO2. The minimum Gasteiger partial charge on any atom is -0.465 e. The molecule has 0 saturated heterocycles. The Bertz CT molecular complexity index is 443. The van der Waals surface area contributed by atoms with Gasteiger partial charge in [0.2, 0.25) is 0 Å². The van der Waals surface area contributed by atoms with Crippen molar-refractivity contribution in [2.75, 3.05) is 5.32 Å². The van der Waals surface area contributed by atoms with Crippen LogP contribution in [0.25, 0.3) is 0 Å². The van der Waals surface area contributed by atoms with Crippen LogP contribution in [0.15, 0.2) is 6.07 Å². The molecule has 0 fully saturated rings. The third kappa shape index (κ3) is 1.77. The lowest BCUT2D eigenvalue weighted by atomic mass is 9.96. The lowest BCUT2D eigenvalue weighted by Crippen LogP contribution is -2.12. The van der Waals surface area contributed by atoms with Gasteiger partial charge in [0.05, 0.1) is 5.69 Å². The van der Waals surface area contributed by atoms with Crippen molar-refractivity contribution in [3.63, 3.8) is 0 Å². The third-order valence-electron chi connectivity index (χ3n) is 3.38. The average Bonchev–Trinajstić information content (AvgIpc) is 2.69. The molecule has 3 heteroatoms. The molecule has 2 rings (SSSR count). The lowest BCUT2D eigenvalue weighted by Gasteiger charge is -2.15. The van der Waals surface area contributed by atoms with Gasteiger partial charge in [0.25, 0.3) is 0 Å². The molecule has 88 valence electrons. The maximum atomic E-state index is 10.8. The first kappa shape index (κ1) is 11.0. The molecule has 1 amide bonds. The van der Waals surface area contributed by atoms with Gasteiger partial charge >= 0.3 is 6.09 Å². The largest absolute Gasteiger partial charge is 0.465 e. The van der Waals surface area contributed by atoms with Gasteiger partial charge in [-0.15, -0.1) is 0 Å². The molecule has 0 bridgehead atoms. The second kappa shape index (κ2) is 4.16. The number of aryl methyl sites for hydroxylation is 2. The van der Waals surface area contributed by atoms with E-state index in [4.69, 9.17) is 5.11 Å². The maximum Gasteiger partial charge on any atom is 0.409 e. The molecule has 0 heterocycles. The number of fused-ring (bicyclic) bond motifs is 1.